The fourth-order valence-corrected chi connectivity index (χ4v) is 7.04. The van der Waals surface area contributed by atoms with Gasteiger partial charge in [0, 0.05) is 31.7 Å². The molecule has 1 saturated heterocycles. The van der Waals surface area contributed by atoms with Crippen molar-refractivity contribution in [3.05, 3.63) is 47.5 Å². The Labute approximate surface area is 229 Å². The number of sulfonamides is 1. The van der Waals surface area contributed by atoms with Crippen LogP contribution in [-0.4, -0.2) is 74.9 Å². The van der Waals surface area contributed by atoms with E-state index >= 15 is 0 Å². The number of rotatable bonds is 10. The van der Waals surface area contributed by atoms with Gasteiger partial charge in [0.05, 0.1) is 16.7 Å². The molecule has 0 bridgehead atoms. The molecule has 37 heavy (non-hydrogen) atoms. The maximum absolute atomic E-state index is 13.8. The van der Waals surface area contributed by atoms with E-state index in [-0.39, 0.29) is 23.2 Å². The van der Waals surface area contributed by atoms with E-state index < -0.39 is 10.0 Å². The summed E-state index contributed by atoms with van der Waals surface area (Å²) < 4.78 is 33.8. The maximum atomic E-state index is 13.8. The average Bonchev–Trinajstić information content (AvgIpc) is 3.59. The highest BCUT2D eigenvalue weighted by Crippen LogP contribution is 2.37. The number of ether oxygens (including phenoxy) is 1. The predicted molar refractivity (Wildman–Crippen MR) is 152 cm³/mol. The molecule has 1 fully saturated rings. The molecule has 8 nitrogen and oxygen atoms in total. The zero-order valence-corrected chi connectivity index (χ0v) is 24.2. The van der Waals surface area contributed by atoms with E-state index in [1.54, 1.807) is 24.1 Å². The monoisotopic (exact) mass is 566 g/mol. The van der Waals surface area contributed by atoms with Gasteiger partial charge < -0.3 is 9.64 Å². The second kappa shape index (κ2) is 12.5. The number of aromatic nitrogens is 1. The number of benzene rings is 2. The van der Waals surface area contributed by atoms with E-state index in [2.05, 4.69) is 18.7 Å². The topological polar surface area (TPSA) is 83.1 Å². The van der Waals surface area contributed by atoms with Crippen LogP contribution >= 0.6 is 23.7 Å². The number of likely N-dealkylation sites (N-methyl/N-ethyl adjacent to an activating group) is 1. The number of anilines is 1. The molecule has 3 aromatic rings. The molecule has 0 atom stereocenters. The average molecular weight is 567 g/mol. The van der Waals surface area contributed by atoms with Gasteiger partial charge in [0.25, 0.3) is 5.91 Å². The molecule has 0 unspecified atom stereocenters. The number of nitrogens with zero attached hydrogens (tertiary/aromatic N) is 4. The highest BCUT2D eigenvalue weighted by atomic mass is 35.5. The molecule has 1 aliphatic heterocycles. The quantitative estimate of drug-likeness (QED) is 0.350. The second-order valence-electron chi connectivity index (χ2n) is 8.88. The molecular formula is C26H35ClN4O4S2. The Morgan fingerprint density at radius 2 is 1.70 bits per heavy atom. The lowest BCUT2D eigenvalue weighted by Gasteiger charge is -2.25. The number of carbonyl (C=O) groups is 1. The number of amides is 1. The van der Waals surface area contributed by atoms with Crippen molar-refractivity contribution < 1.29 is 17.9 Å². The van der Waals surface area contributed by atoms with Crippen molar-refractivity contribution in [3.63, 3.8) is 0 Å². The molecule has 0 radical (unpaired) electrons. The van der Waals surface area contributed by atoms with Gasteiger partial charge in [-0.2, -0.15) is 4.31 Å². The molecule has 1 aromatic heterocycles. The van der Waals surface area contributed by atoms with Gasteiger partial charge in [-0.3, -0.25) is 9.69 Å². The first-order valence-corrected chi connectivity index (χ1v) is 14.6. The zero-order chi connectivity index (χ0) is 25.9. The molecule has 11 heteroatoms. The van der Waals surface area contributed by atoms with E-state index in [4.69, 9.17) is 9.72 Å². The number of aryl methyl sites for hydroxylation is 1. The van der Waals surface area contributed by atoms with Crippen molar-refractivity contribution in [1.82, 2.24) is 14.2 Å². The number of carbonyl (C=O) groups excluding carboxylic acids is 1. The number of hydrogen-bond acceptors (Lipinski definition) is 7. The molecule has 0 saturated carbocycles. The summed E-state index contributed by atoms with van der Waals surface area (Å²) in [7, 11) is -1.92. The van der Waals surface area contributed by atoms with Crippen molar-refractivity contribution in [2.75, 3.05) is 51.3 Å². The van der Waals surface area contributed by atoms with Crippen LogP contribution in [0.4, 0.5) is 5.13 Å². The number of thiazole rings is 1. The summed E-state index contributed by atoms with van der Waals surface area (Å²) in [4.78, 5) is 22.7. The molecule has 1 aliphatic rings. The van der Waals surface area contributed by atoms with Crippen molar-refractivity contribution in [3.8, 4) is 5.75 Å². The number of halogens is 1. The fourth-order valence-electron chi connectivity index (χ4n) is 4.45. The highest BCUT2D eigenvalue weighted by Gasteiger charge is 2.28. The van der Waals surface area contributed by atoms with Crippen molar-refractivity contribution in [1.29, 1.82) is 0 Å². The number of methoxy groups -OCH3 is 1. The summed E-state index contributed by atoms with van der Waals surface area (Å²) in [5.74, 6) is 0.466. The molecule has 1 amide bonds. The SMILES string of the molecule is CCN(CC)CCN(C(=O)c1ccc(S(=O)(=O)N2CCCC2)cc1)c1nc2c(OC)ccc(C)c2s1.Cl. The maximum Gasteiger partial charge on any atom is 0.260 e. The van der Waals surface area contributed by atoms with Gasteiger partial charge in [0.1, 0.15) is 11.3 Å². The predicted octanol–water partition coefficient (Wildman–Crippen LogP) is 4.81. The van der Waals surface area contributed by atoms with E-state index in [0.29, 0.717) is 42.6 Å². The summed E-state index contributed by atoms with van der Waals surface area (Å²) in [5, 5.41) is 0.600. The van der Waals surface area contributed by atoms with Crippen LogP contribution in [0.5, 0.6) is 5.75 Å². The molecule has 0 N–H and O–H groups in total. The van der Waals surface area contributed by atoms with Crippen LogP contribution in [0, 0.1) is 6.92 Å². The Kier molecular flexibility index (Phi) is 9.93. The van der Waals surface area contributed by atoms with Gasteiger partial charge in [-0.1, -0.05) is 31.3 Å². The van der Waals surface area contributed by atoms with Crippen molar-refractivity contribution in [2.45, 2.75) is 38.5 Å². The lowest BCUT2D eigenvalue weighted by atomic mass is 10.2. The molecule has 0 aliphatic carbocycles. The fraction of sp³-hybridized carbons (Fsp3) is 0.462. The lowest BCUT2D eigenvalue weighted by molar-refractivity contribution is 0.0983. The minimum Gasteiger partial charge on any atom is -0.494 e. The molecule has 4 rings (SSSR count). The summed E-state index contributed by atoms with van der Waals surface area (Å²) >= 11 is 1.47. The van der Waals surface area contributed by atoms with Crippen LogP contribution in [0.25, 0.3) is 10.2 Å². The minimum atomic E-state index is -3.53. The van der Waals surface area contributed by atoms with E-state index in [9.17, 15) is 13.2 Å². The normalized spacial score (nSPS) is 14.2. The third-order valence-electron chi connectivity index (χ3n) is 6.73. The third kappa shape index (κ3) is 6.09. The smallest absolute Gasteiger partial charge is 0.260 e. The zero-order valence-electron chi connectivity index (χ0n) is 21.8. The Hall–Kier alpha value is -2.24. The molecular weight excluding hydrogens is 532 g/mol. The van der Waals surface area contributed by atoms with Crippen LogP contribution in [-0.2, 0) is 10.0 Å². The van der Waals surface area contributed by atoms with Crippen LogP contribution < -0.4 is 9.64 Å². The van der Waals surface area contributed by atoms with Crippen molar-refractivity contribution in [2.24, 2.45) is 0 Å². The summed E-state index contributed by atoms with van der Waals surface area (Å²) in [6.45, 7) is 10.2. The first kappa shape index (κ1) is 29.3. The van der Waals surface area contributed by atoms with Gasteiger partial charge in [0.15, 0.2) is 5.13 Å². The minimum absolute atomic E-state index is 0. The van der Waals surface area contributed by atoms with Crippen molar-refractivity contribution >= 4 is 55.0 Å². The lowest BCUT2D eigenvalue weighted by Crippen LogP contribution is -2.38. The van der Waals surface area contributed by atoms with Gasteiger partial charge in [-0.15, -0.1) is 12.4 Å². The summed E-state index contributed by atoms with van der Waals surface area (Å²) in [6, 6.07) is 10.2. The molecule has 202 valence electrons. The Bertz CT molecular complexity index is 1320. The van der Waals surface area contributed by atoms with E-state index in [0.717, 1.165) is 41.7 Å². The summed E-state index contributed by atoms with van der Waals surface area (Å²) in [6.07, 6.45) is 1.76. The van der Waals surface area contributed by atoms with Crippen LogP contribution in [0.3, 0.4) is 0 Å². The van der Waals surface area contributed by atoms with Crippen LogP contribution in [0.15, 0.2) is 41.3 Å². The number of hydrogen-bond donors (Lipinski definition) is 0. The first-order valence-electron chi connectivity index (χ1n) is 12.4. The second-order valence-corrected chi connectivity index (χ2v) is 11.8. The van der Waals surface area contributed by atoms with Gasteiger partial charge in [0.2, 0.25) is 10.0 Å². The highest BCUT2D eigenvalue weighted by molar-refractivity contribution is 7.89. The molecule has 2 heterocycles. The van der Waals surface area contributed by atoms with E-state index in [1.807, 2.05) is 19.1 Å². The van der Waals surface area contributed by atoms with E-state index in [1.165, 1.54) is 27.8 Å². The Balaban J connectivity index is 0.00000380. The standard InChI is InChI=1S/C26H34N4O4S2.ClH/c1-5-28(6-2)17-18-30(26-27-23-22(34-4)14-9-19(3)24(23)35-26)25(31)20-10-12-21(13-11-20)36(32,33)29-15-7-8-16-29;/h9-14H,5-8,15-18H2,1-4H3;1H. The largest absolute Gasteiger partial charge is 0.494 e. The third-order valence-corrected chi connectivity index (χ3v) is 9.85. The number of fused-ring (bicyclic) bond motifs is 1. The molecule has 0 spiro atoms. The molecule has 2 aromatic carbocycles. The van der Waals surface area contributed by atoms with Crippen LogP contribution in [0.2, 0.25) is 0 Å². The van der Waals surface area contributed by atoms with Gasteiger partial charge >= 0.3 is 0 Å². The summed E-state index contributed by atoms with van der Waals surface area (Å²) in [5.41, 5.74) is 2.24. The van der Waals surface area contributed by atoms with Gasteiger partial charge in [-0.05, 0) is 68.8 Å². The Morgan fingerprint density at radius 3 is 2.30 bits per heavy atom. The Morgan fingerprint density at radius 1 is 1.05 bits per heavy atom. The van der Waals surface area contributed by atoms with Gasteiger partial charge in [-0.25, -0.2) is 13.4 Å². The first-order chi connectivity index (χ1) is 17.3. The van der Waals surface area contributed by atoms with Crippen LogP contribution in [0.1, 0.15) is 42.6 Å².